The average molecular weight is 299 g/mol. The molecule has 7 heteroatoms. The summed E-state index contributed by atoms with van der Waals surface area (Å²) in [5.74, 6) is 0.245. The van der Waals surface area contributed by atoms with Crippen LogP contribution in [-0.2, 0) is 20.0 Å². The number of imidazole rings is 1. The maximum Gasteiger partial charge on any atom is 0.329 e. The summed E-state index contributed by atoms with van der Waals surface area (Å²) in [5, 5.41) is 0. The Hall–Kier alpha value is -2.83. The molecule has 0 aliphatic heterocycles. The number of H-pyrrole nitrogens is 1. The van der Waals surface area contributed by atoms with Crippen LogP contribution >= 0.6 is 0 Å². The Kier molecular flexibility index (Phi) is 3.54. The summed E-state index contributed by atoms with van der Waals surface area (Å²) in [6.07, 6.45) is 1.70. The Morgan fingerprint density at radius 1 is 1.23 bits per heavy atom. The van der Waals surface area contributed by atoms with Gasteiger partial charge < -0.3 is 10.3 Å². The van der Waals surface area contributed by atoms with Gasteiger partial charge in [-0.05, 0) is 18.4 Å². The van der Waals surface area contributed by atoms with Gasteiger partial charge in [0, 0.05) is 13.6 Å². The largest absolute Gasteiger partial charge is 0.369 e. The first-order chi connectivity index (χ1) is 10.6. The van der Waals surface area contributed by atoms with Gasteiger partial charge in [0.1, 0.15) is 0 Å². The Labute approximate surface area is 126 Å². The molecule has 3 N–H and O–H groups in total. The molecule has 3 aromatic rings. The first-order valence-electron chi connectivity index (χ1n) is 7.07. The van der Waals surface area contributed by atoms with Gasteiger partial charge in [0.15, 0.2) is 11.2 Å². The number of fused-ring (bicyclic) bond motifs is 1. The molecule has 0 amide bonds. The van der Waals surface area contributed by atoms with E-state index in [2.05, 4.69) is 22.1 Å². The van der Waals surface area contributed by atoms with Gasteiger partial charge in [-0.3, -0.25) is 14.3 Å². The molecule has 0 spiro atoms. The van der Waals surface area contributed by atoms with Gasteiger partial charge in [0.2, 0.25) is 5.95 Å². The standard InChI is InChI=1S/C15H17N5O2/c1-19-12-11(13(21)18-15(19)22)20(14(16)17-12)9-5-8-10-6-3-2-4-7-10/h2-4,6-7H,5,8-9H2,1H3,(H2,16,17)(H,18,21,22). The Balaban J connectivity index is 1.91. The van der Waals surface area contributed by atoms with Gasteiger partial charge in [-0.2, -0.15) is 4.98 Å². The van der Waals surface area contributed by atoms with Crippen LogP contribution in [0.1, 0.15) is 12.0 Å². The zero-order valence-corrected chi connectivity index (χ0v) is 12.2. The number of aryl methyl sites for hydroxylation is 3. The van der Waals surface area contributed by atoms with Gasteiger partial charge >= 0.3 is 5.69 Å². The van der Waals surface area contributed by atoms with Crippen LogP contribution in [0.4, 0.5) is 5.95 Å². The second-order valence-corrected chi connectivity index (χ2v) is 5.20. The molecule has 0 saturated carbocycles. The van der Waals surface area contributed by atoms with Gasteiger partial charge in [0.25, 0.3) is 5.56 Å². The number of rotatable bonds is 4. The molecule has 0 saturated heterocycles. The molecule has 0 fully saturated rings. The fraction of sp³-hybridized carbons (Fsp3) is 0.267. The molecule has 22 heavy (non-hydrogen) atoms. The number of anilines is 1. The van der Waals surface area contributed by atoms with Gasteiger partial charge in [-0.25, -0.2) is 4.79 Å². The highest BCUT2D eigenvalue weighted by atomic mass is 16.2. The number of nitrogens with one attached hydrogen (secondary N) is 1. The lowest BCUT2D eigenvalue weighted by Gasteiger charge is -2.06. The molecule has 2 aromatic heterocycles. The highest BCUT2D eigenvalue weighted by molar-refractivity contribution is 5.73. The molecule has 0 aliphatic carbocycles. The Morgan fingerprint density at radius 3 is 2.68 bits per heavy atom. The second-order valence-electron chi connectivity index (χ2n) is 5.20. The van der Waals surface area contributed by atoms with E-state index in [-0.39, 0.29) is 5.95 Å². The fourth-order valence-corrected chi connectivity index (χ4v) is 2.56. The number of hydrogen-bond acceptors (Lipinski definition) is 4. The van der Waals surface area contributed by atoms with Crippen LogP contribution in [0.15, 0.2) is 39.9 Å². The van der Waals surface area contributed by atoms with Crippen molar-refractivity contribution in [1.82, 2.24) is 19.1 Å². The third kappa shape index (κ3) is 2.41. The molecule has 1 aromatic carbocycles. The molecule has 114 valence electrons. The van der Waals surface area contributed by atoms with E-state index in [9.17, 15) is 9.59 Å². The van der Waals surface area contributed by atoms with E-state index in [1.54, 1.807) is 11.6 Å². The van der Waals surface area contributed by atoms with E-state index >= 15 is 0 Å². The van der Waals surface area contributed by atoms with E-state index in [1.807, 2.05) is 18.2 Å². The number of nitrogens with two attached hydrogens (primary N) is 1. The van der Waals surface area contributed by atoms with Crippen LogP contribution in [-0.4, -0.2) is 19.1 Å². The summed E-state index contributed by atoms with van der Waals surface area (Å²) in [5.41, 5.74) is 6.83. The summed E-state index contributed by atoms with van der Waals surface area (Å²) in [7, 11) is 1.56. The fourth-order valence-electron chi connectivity index (χ4n) is 2.56. The topological polar surface area (TPSA) is 98.7 Å². The van der Waals surface area contributed by atoms with Crippen LogP contribution in [0.25, 0.3) is 11.2 Å². The van der Waals surface area contributed by atoms with E-state index in [4.69, 9.17) is 5.73 Å². The SMILES string of the molecule is Cn1c(=O)[nH]c(=O)c2c1nc(N)n2CCCc1ccccc1. The van der Waals surface area contributed by atoms with Crippen molar-refractivity contribution in [2.75, 3.05) is 5.73 Å². The highest BCUT2D eigenvalue weighted by Crippen LogP contribution is 2.14. The molecule has 0 radical (unpaired) electrons. The van der Waals surface area contributed by atoms with E-state index in [0.717, 1.165) is 12.8 Å². The lowest BCUT2D eigenvalue weighted by atomic mass is 10.1. The predicted octanol–water partition coefficient (Wildman–Crippen LogP) is 0.638. The first kappa shape index (κ1) is 14.1. The van der Waals surface area contributed by atoms with Crippen molar-refractivity contribution in [3.05, 3.63) is 56.7 Å². The summed E-state index contributed by atoms with van der Waals surface area (Å²) in [6, 6.07) is 10.1. The first-order valence-corrected chi connectivity index (χ1v) is 7.07. The zero-order valence-electron chi connectivity index (χ0n) is 12.2. The molecular formula is C15H17N5O2. The number of nitrogen functional groups attached to an aromatic ring is 1. The van der Waals surface area contributed by atoms with Crippen LogP contribution in [0, 0.1) is 0 Å². The summed E-state index contributed by atoms with van der Waals surface area (Å²) in [4.78, 5) is 30.0. The lowest BCUT2D eigenvalue weighted by molar-refractivity contribution is 0.662. The van der Waals surface area contributed by atoms with Crippen LogP contribution in [0.2, 0.25) is 0 Å². The minimum absolute atomic E-state index is 0.245. The third-order valence-corrected chi connectivity index (χ3v) is 3.73. The minimum Gasteiger partial charge on any atom is -0.369 e. The van der Waals surface area contributed by atoms with Gasteiger partial charge in [0.05, 0.1) is 0 Å². The molecule has 0 unspecified atom stereocenters. The summed E-state index contributed by atoms with van der Waals surface area (Å²) in [6.45, 7) is 0.568. The van der Waals surface area contributed by atoms with E-state index < -0.39 is 11.2 Å². The molecular weight excluding hydrogens is 282 g/mol. The molecule has 3 rings (SSSR count). The predicted molar refractivity (Wildman–Crippen MR) is 84.8 cm³/mol. The van der Waals surface area contributed by atoms with E-state index in [1.165, 1.54) is 10.1 Å². The van der Waals surface area contributed by atoms with Crippen molar-refractivity contribution in [3.8, 4) is 0 Å². The number of benzene rings is 1. The quantitative estimate of drug-likeness (QED) is 0.738. The molecule has 0 aliphatic rings. The number of hydrogen-bond donors (Lipinski definition) is 2. The number of aromatic amines is 1. The number of nitrogens with zero attached hydrogens (tertiary/aromatic N) is 3. The van der Waals surface area contributed by atoms with Crippen molar-refractivity contribution < 1.29 is 0 Å². The van der Waals surface area contributed by atoms with Crippen molar-refractivity contribution in [3.63, 3.8) is 0 Å². The van der Waals surface area contributed by atoms with Gasteiger partial charge in [-0.1, -0.05) is 30.3 Å². The highest BCUT2D eigenvalue weighted by Gasteiger charge is 2.15. The smallest absolute Gasteiger partial charge is 0.329 e. The van der Waals surface area contributed by atoms with Gasteiger partial charge in [-0.15, -0.1) is 0 Å². The zero-order chi connectivity index (χ0) is 15.7. The Morgan fingerprint density at radius 2 is 1.95 bits per heavy atom. The average Bonchev–Trinajstić information content (AvgIpc) is 2.84. The third-order valence-electron chi connectivity index (χ3n) is 3.73. The normalized spacial score (nSPS) is 11.1. The maximum atomic E-state index is 12.0. The van der Waals surface area contributed by atoms with Crippen LogP contribution in [0.5, 0.6) is 0 Å². The van der Waals surface area contributed by atoms with Crippen molar-refractivity contribution in [2.45, 2.75) is 19.4 Å². The summed E-state index contributed by atoms with van der Waals surface area (Å²) >= 11 is 0. The minimum atomic E-state index is -0.494. The molecule has 7 nitrogen and oxygen atoms in total. The molecule has 2 heterocycles. The molecule has 0 atom stereocenters. The maximum absolute atomic E-state index is 12.0. The van der Waals surface area contributed by atoms with Crippen molar-refractivity contribution in [2.24, 2.45) is 7.05 Å². The molecule has 0 bridgehead atoms. The lowest BCUT2D eigenvalue weighted by Crippen LogP contribution is -2.29. The second kappa shape index (κ2) is 5.51. The van der Waals surface area contributed by atoms with Crippen molar-refractivity contribution >= 4 is 17.1 Å². The van der Waals surface area contributed by atoms with Crippen LogP contribution < -0.4 is 17.0 Å². The number of aromatic nitrogens is 4. The summed E-state index contributed by atoms with van der Waals surface area (Å²) < 4.78 is 2.96. The van der Waals surface area contributed by atoms with E-state index in [0.29, 0.717) is 17.7 Å². The Bertz CT molecular complexity index is 921. The van der Waals surface area contributed by atoms with Crippen molar-refractivity contribution in [1.29, 1.82) is 0 Å². The van der Waals surface area contributed by atoms with Crippen LogP contribution in [0.3, 0.4) is 0 Å². The monoisotopic (exact) mass is 299 g/mol.